The van der Waals surface area contributed by atoms with Crippen LogP contribution >= 0.6 is 15.9 Å². The number of halogens is 1. The lowest BCUT2D eigenvalue weighted by Gasteiger charge is -2.15. The first-order chi connectivity index (χ1) is 8.87. The minimum atomic E-state index is -1.12. The zero-order chi connectivity index (χ0) is 14.3. The van der Waals surface area contributed by atoms with Crippen molar-refractivity contribution in [3.63, 3.8) is 0 Å². The first kappa shape index (κ1) is 16.2. The van der Waals surface area contributed by atoms with Gasteiger partial charge in [0, 0.05) is 19.1 Å². The molecule has 0 aliphatic heterocycles. The Morgan fingerprint density at radius 2 is 1.89 bits per heavy atom. The number of alkyl carbamates (subject to hydrolysis) is 1. The standard InChI is InChI=1S/C14H22BrNO2Si/c1-19(2,3)11-10-18-14(17)16-9-8-12-4-6-13(15)7-5-12/h4-7H,8-11H2,1-3H3,(H,16,17). The van der Waals surface area contributed by atoms with Crippen molar-refractivity contribution in [2.75, 3.05) is 13.2 Å². The Labute approximate surface area is 124 Å². The molecule has 0 spiro atoms. The summed E-state index contributed by atoms with van der Waals surface area (Å²) >= 11 is 3.39. The fourth-order valence-corrected chi connectivity index (χ4v) is 2.44. The summed E-state index contributed by atoms with van der Waals surface area (Å²) in [4.78, 5) is 11.4. The zero-order valence-corrected chi connectivity index (χ0v) is 14.4. The van der Waals surface area contributed by atoms with Gasteiger partial charge >= 0.3 is 6.09 Å². The Morgan fingerprint density at radius 1 is 1.26 bits per heavy atom. The van der Waals surface area contributed by atoms with Crippen molar-refractivity contribution in [2.45, 2.75) is 32.1 Å². The fraction of sp³-hybridized carbons (Fsp3) is 0.500. The van der Waals surface area contributed by atoms with Gasteiger partial charge < -0.3 is 10.1 Å². The van der Waals surface area contributed by atoms with Crippen LogP contribution in [0.15, 0.2) is 28.7 Å². The molecule has 0 radical (unpaired) electrons. The third-order valence-electron chi connectivity index (χ3n) is 2.68. The lowest BCUT2D eigenvalue weighted by molar-refractivity contribution is 0.152. The van der Waals surface area contributed by atoms with Crippen LogP contribution in [-0.2, 0) is 11.2 Å². The normalized spacial score (nSPS) is 11.2. The molecule has 1 aromatic rings. The molecule has 19 heavy (non-hydrogen) atoms. The van der Waals surface area contributed by atoms with Gasteiger partial charge in [0.05, 0.1) is 6.61 Å². The third kappa shape index (κ3) is 8.05. The van der Waals surface area contributed by atoms with Gasteiger partial charge in [-0.25, -0.2) is 4.79 Å². The van der Waals surface area contributed by atoms with E-state index in [9.17, 15) is 4.79 Å². The smallest absolute Gasteiger partial charge is 0.407 e. The summed E-state index contributed by atoms with van der Waals surface area (Å²) in [7, 11) is -1.12. The molecule has 1 N–H and O–H groups in total. The minimum absolute atomic E-state index is 0.310. The van der Waals surface area contributed by atoms with Crippen molar-refractivity contribution in [2.24, 2.45) is 0 Å². The topological polar surface area (TPSA) is 38.3 Å². The second-order valence-corrected chi connectivity index (χ2v) is 12.3. The summed E-state index contributed by atoms with van der Waals surface area (Å²) in [6.45, 7) is 7.93. The summed E-state index contributed by atoms with van der Waals surface area (Å²) in [5.41, 5.74) is 1.20. The van der Waals surface area contributed by atoms with Crippen molar-refractivity contribution in [3.05, 3.63) is 34.3 Å². The van der Waals surface area contributed by atoms with Crippen LogP contribution < -0.4 is 5.32 Å². The molecule has 0 aromatic heterocycles. The predicted octanol–water partition coefficient (Wildman–Crippen LogP) is 4.06. The van der Waals surface area contributed by atoms with Gasteiger partial charge in [0.1, 0.15) is 0 Å². The summed E-state index contributed by atoms with van der Waals surface area (Å²) < 4.78 is 6.22. The molecular weight excluding hydrogens is 322 g/mol. The quantitative estimate of drug-likeness (QED) is 0.791. The van der Waals surface area contributed by atoms with Gasteiger partial charge in [-0.15, -0.1) is 0 Å². The summed E-state index contributed by atoms with van der Waals surface area (Å²) in [5, 5.41) is 2.77. The van der Waals surface area contributed by atoms with Crippen molar-refractivity contribution in [3.8, 4) is 0 Å². The Kier molecular flexibility index (Phi) is 6.58. The van der Waals surface area contributed by atoms with E-state index < -0.39 is 8.07 Å². The molecule has 1 rings (SSSR count). The predicted molar refractivity (Wildman–Crippen MR) is 85.3 cm³/mol. The maximum absolute atomic E-state index is 11.4. The van der Waals surface area contributed by atoms with E-state index in [1.54, 1.807) is 0 Å². The molecule has 0 fully saturated rings. The average Bonchev–Trinajstić information content (AvgIpc) is 2.30. The number of hydrogen-bond acceptors (Lipinski definition) is 2. The highest BCUT2D eigenvalue weighted by Crippen LogP contribution is 2.10. The van der Waals surface area contributed by atoms with Crippen LogP contribution in [0.1, 0.15) is 5.56 Å². The van der Waals surface area contributed by atoms with Crippen LogP contribution in [0.3, 0.4) is 0 Å². The second kappa shape index (κ2) is 7.70. The molecule has 0 atom stereocenters. The largest absolute Gasteiger partial charge is 0.450 e. The van der Waals surface area contributed by atoms with Gasteiger partial charge in [-0.1, -0.05) is 47.7 Å². The molecule has 0 unspecified atom stereocenters. The number of nitrogens with one attached hydrogen (secondary N) is 1. The van der Waals surface area contributed by atoms with Crippen LogP contribution in [0.5, 0.6) is 0 Å². The van der Waals surface area contributed by atoms with E-state index in [-0.39, 0.29) is 6.09 Å². The molecule has 0 saturated heterocycles. The first-order valence-corrected chi connectivity index (χ1v) is 11.0. The Balaban J connectivity index is 2.15. The Morgan fingerprint density at radius 3 is 2.47 bits per heavy atom. The van der Waals surface area contributed by atoms with Gasteiger partial charge in [-0.05, 0) is 30.2 Å². The zero-order valence-electron chi connectivity index (χ0n) is 11.8. The van der Waals surface area contributed by atoms with E-state index in [0.29, 0.717) is 13.2 Å². The van der Waals surface area contributed by atoms with Gasteiger partial charge in [-0.2, -0.15) is 0 Å². The van der Waals surface area contributed by atoms with E-state index in [2.05, 4.69) is 40.9 Å². The number of benzene rings is 1. The van der Waals surface area contributed by atoms with E-state index in [4.69, 9.17) is 4.74 Å². The van der Waals surface area contributed by atoms with Crippen LogP contribution in [0.25, 0.3) is 0 Å². The minimum Gasteiger partial charge on any atom is -0.450 e. The number of carbonyl (C=O) groups is 1. The van der Waals surface area contributed by atoms with Crippen LogP contribution in [0, 0.1) is 0 Å². The molecule has 0 heterocycles. The van der Waals surface area contributed by atoms with E-state index in [1.165, 1.54) is 5.56 Å². The Bertz CT molecular complexity index is 401. The van der Waals surface area contributed by atoms with Crippen molar-refractivity contribution in [1.29, 1.82) is 0 Å². The highest BCUT2D eigenvalue weighted by Gasteiger charge is 2.13. The number of ether oxygens (including phenoxy) is 1. The lowest BCUT2D eigenvalue weighted by atomic mass is 10.1. The molecule has 106 valence electrons. The number of carbonyl (C=O) groups excluding carboxylic acids is 1. The monoisotopic (exact) mass is 343 g/mol. The van der Waals surface area contributed by atoms with E-state index in [1.807, 2.05) is 24.3 Å². The van der Waals surface area contributed by atoms with Crippen molar-refractivity contribution >= 4 is 30.1 Å². The molecule has 5 heteroatoms. The highest BCUT2D eigenvalue weighted by molar-refractivity contribution is 9.10. The van der Waals surface area contributed by atoms with Gasteiger partial charge in [-0.3, -0.25) is 0 Å². The van der Waals surface area contributed by atoms with E-state index >= 15 is 0 Å². The van der Waals surface area contributed by atoms with Gasteiger partial charge in [0.15, 0.2) is 0 Å². The molecule has 0 saturated carbocycles. The summed E-state index contributed by atoms with van der Waals surface area (Å²) in [6.07, 6.45) is 0.506. The molecular formula is C14H22BrNO2Si. The number of amides is 1. The highest BCUT2D eigenvalue weighted by atomic mass is 79.9. The third-order valence-corrected chi connectivity index (χ3v) is 4.91. The molecule has 1 amide bonds. The number of rotatable bonds is 6. The number of hydrogen-bond donors (Lipinski definition) is 1. The molecule has 0 aliphatic rings. The second-order valence-electron chi connectivity index (χ2n) is 5.75. The molecule has 0 aliphatic carbocycles. The van der Waals surface area contributed by atoms with Crippen LogP contribution in [0.2, 0.25) is 25.7 Å². The summed E-state index contributed by atoms with van der Waals surface area (Å²) in [5.74, 6) is 0. The molecule has 1 aromatic carbocycles. The molecule has 3 nitrogen and oxygen atoms in total. The average molecular weight is 344 g/mol. The summed E-state index contributed by atoms with van der Waals surface area (Å²) in [6, 6.07) is 9.10. The van der Waals surface area contributed by atoms with Crippen molar-refractivity contribution < 1.29 is 9.53 Å². The lowest BCUT2D eigenvalue weighted by Crippen LogP contribution is -2.29. The maximum Gasteiger partial charge on any atom is 0.407 e. The fourth-order valence-electron chi connectivity index (χ4n) is 1.46. The van der Waals surface area contributed by atoms with E-state index in [0.717, 1.165) is 16.9 Å². The SMILES string of the molecule is C[Si](C)(C)CCOC(=O)NCCc1ccc(Br)cc1. The molecule has 0 bridgehead atoms. The van der Waals surface area contributed by atoms with Gasteiger partial charge in [0.2, 0.25) is 0 Å². The maximum atomic E-state index is 11.4. The van der Waals surface area contributed by atoms with Crippen LogP contribution in [-0.4, -0.2) is 27.3 Å². The Hall–Kier alpha value is -0.813. The van der Waals surface area contributed by atoms with Crippen molar-refractivity contribution in [1.82, 2.24) is 5.32 Å². The first-order valence-electron chi connectivity index (χ1n) is 6.52. The van der Waals surface area contributed by atoms with Crippen LogP contribution in [0.4, 0.5) is 4.79 Å². The van der Waals surface area contributed by atoms with Gasteiger partial charge in [0.25, 0.3) is 0 Å².